The number of hydrogen-bond donors (Lipinski definition) is 0. The molecule has 5 rings (SSSR count). The van der Waals surface area contributed by atoms with Crippen LogP contribution in [0.3, 0.4) is 0 Å². The summed E-state index contributed by atoms with van der Waals surface area (Å²) in [4.78, 5) is 23.2. The fourth-order valence-electron chi connectivity index (χ4n) is 5.38. The predicted octanol–water partition coefficient (Wildman–Crippen LogP) is 4.74. The van der Waals surface area contributed by atoms with E-state index in [4.69, 9.17) is 28.9 Å². The fourth-order valence-corrected chi connectivity index (χ4v) is 6.15. The fraction of sp³-hybridized carbons (Fsp3) is 0.423. The molecule has 1 saturated carbocycles. The maximum atomic E-state index is 13.7. The number of nitrogens with zero attached hydrogens (tertiary/aromatic N) is 7. The standard InChI is InChI=1S/C26H28ClN7OS/c1-17(13-21(27)23(15-28)29-2)33-24(35)26(9-4-10-26)34(25(33)36)20-6-5-18-16-32(30-22(18)14-20)19-7-11-31(3)12-8-19/h5-6,13-14,16,19H,2,4,7-12H2,1,3H3/b17-13+,23-21+. The van der Waals surface area contributed by atoms with Crippen LogP contribution in [-0.4, -0.2) is 63.0 Å². The number of halogens is 1. The van der Waals surface area contributed by atoms with Gasteiger partial charge in [0.25, 0.3) is 5.91 Å². The smallest absolute Gasteiger partial charge is 0.259 e. The molecule has 1 amide bonds. The number of amides is 1. The molecular formula is C26H28ClN7OS. The van der Waals surface area contributed by atoms with E-state index in [0.717, 1.165) is 61.8 Å². The minimum Gasteiger partial charge on any atom is -0.306 e. The average molecular weight is 522 g/mol. The molecule has 1 spiro atoms. The van der Waals surface area contributed by atoms with E-state index in [2.05, 4.69) is 40.6 Å². The second-order valence-corrected chi connectivity index (χ2v) is 10.6. The van der Waals surface area contributed by atoms with Gasteiger partial charge in [0.1, 0.15) is 11.6 Å². The summed E-state index contributed by atoms with van der Waals surface area (Å²) in [5.74, 6) is -0.0704. The lowest BCUT2D eigenvalue weighted by molar-refractivity contribution is -0.131. The minimum absolute atomic E-state index is 0.00515. The Labute approximate surface area is 221 Å². The number of benzene rings is 1. The monoisotopic (exact) mass is 521 g/mol. The van der Waals surface area contributed by atoms with E-state index in [9.17, 15) is 10.1 Å². The molecule has 3 aliphatic rings. The number of rotatable bonds is 5. The molecule has 36 heavy (non-hydrogen) atoms. The maximum Gasteiger partial charge on any atom is 0.259 e. The summed E-state index contributed by atoms with van der Waals surface area (Å²) < 4.78 is 2.10. The first-order valence-electron chi connectivity index (χ1n) is 12.1. The zero-order valence-corrected chi connectivity index (χ0v) is 22.0. The molecule has 8 nitrogen and oxygen atoms in total. The van der Waals surface area contributed by atoms with E-state index < -0.39 is 5.54 Å². The third-order valence-electron chi connectivity index (χ3n) is 7.60. The molecule has 186 valence electrons. The number of allylic oxidation sites excluding steroid dienone is 4. The van der Waals surface area contributed by atoms with Crippen LogP contribution in [-0.2, 0) is 4.79 Å². The highest BCUT2D eigenvalue weighted by molar-refractivity contribution is 7.80. The van der Waals surface area contributed by atoms with Crippen molar-refractivity contribution in [1.29, 1.82) is 5.26 Å². The number of fused-ring (bicyclic) bond motifs is 1. The average Bonchev–Trinajstić information content (AvgIpc) is 3.35. The van der Waals surface area contributed by atoms with Gasteiger partial charge >= 0.3 is 0 Å². The van der Waals surface area contributed by atoms with Crippen molar-refractivity contribution in [3.8, 4) is 6.07 Å². The Kier molecular flexibility index (Phi) is 6.45. The van der Waals surface area contributed by atoms with Crippen molar-refractivity contribution in [3.05, 3.63) is 46.9 Å². The predicted molar refractivity (Wildman–Crippen MR) is 146 cm³/mol. The molecule has 2 aromatic rings. The van der Waals surface area contributed by atoms with E-state index in [1.165, 1.54) is 4.90 Å². The molecule has 3 heterocycles. The van der Waals surface area contributed by atoms with E-state index in [0.29, 0.717) is 16.9 Å². The summed E-state index contributed by atoms with van der Waals surface area (Å²) in [7, 11) is 2.15. The van der Waals surface area contributed by atoms with E-state index in [1.807, 2.05) is 23.1 Å². The Hall–Kier alpha value is -3.06. The van der Waals surface area contributed by atoms with E-state index >= 15 is 0 Å². The van der Waals surface area contributed by atoms with Gasteiger partial charge in [-0.25, -0.2) is 0 Å². The largest absolute Gasteiger partial charge is 0.306 e. The molecule has 3 fully saturated rings. The van der Waals surface area contributed by atoms with Crippen molar-refractivity contribution in [2.45, 2.75) is 50.6 Å². The summed E-state index contributed by atoms with van der Waals surface area (Å²) >= 11 is 12.1. The summed E-state index contributed by atoms with van der Waals surface area (Å²) in [6.07, 6.45) is 8.22. The minimum atomic E-state index is -0.707. The molecule has 0 radical (unpaired) electrons. The molecule has 2 aliphatic heterocycles. The number of aliphatic imine (C=N–C) groups is 1. The van der Waals surface area contributed by atoms with Crippen LogP contribution in [0, 0.1) is 11.3 Å². The third-order valence-corrected chi connectivity index (χ3v) is 8.25. The molecule has 10 heteroatoms. The van der Waals surface area contributed by atoms with Gasteiger partial charge < -0.3 is 9.80 Å². The zero-order chi connectivity index (χ0) is 25.6. The summed E-state index contributed by atoms with van der Waals surface area (Å²) in [6, 6.07) is 8.41. The first-order chi connectivity index (χ1) is 17.3. The van der Waals surface area contributed by atoms with Gasteiger partial charge in [-0.15, -0.1) is 0 Å². The summed E-state index contributed by atoms with van der Waals surface area (Å²) in [5, 5.41) is 15.7. The van der Waals surface area contributed by atoms with Crippen molar-refractivity contribution >= 4 is 58.1 Å². The highest BCUT2D eigenvalue weighted by Gasteiger charge is 2.59. The van der Waals surface area contributed by atoms with Gasteiger partial charge in [-0.3, -0.25) is 19.4 Å². The van der Waals surface area contributed by atoms with Crippen LogP contribution in [0.5, 0.6) is 0 Å². The van der Waals surface area contributed by atoms with Gasteiger partial charge in [-0.05, 0) is 102 Å². The Bertz CT molecular complexity index is 1360. The number of carbonyl (C=O) groups is 1. The number of aromatic nitrogens is 2. The number of hydrogen-bond acceptors (Lipinski definition) is 6. The number of likely N-dealkylation sites (tertiary alicyclic amines) is 1. The van der Waals surface area contributed by atoms with E-state index in [-0.39, 0.29) is 16.6 Å². The van der Waals surface area contributed by atoms with Gasteiger partial charge in [0.05, 0.1) is 16.6 Å². The normalized spacial score (nSPS) is 21.7. The van der Waals surface area contributed by atoms with Crippen molar-refractivity contribution < 1.29 is 4.79 Å². The molecule has 1 aromatic carbocycles. The molecule has 1 aliphatic carbocycles. The number of thiocarbonyl (C=S) groups is 1. The van der Waals surface area contributed by atoms with Crippen LogP contribution >= 0.6 is 23.8 Å². The van der Waals surface area contributed by atoms with Crippen molar-refractivity contribution in [2.75, 3.05) is 25.0 Å². The highest BCUT2D eigenvalue weighted by Crippen LogP contribution is 2.48. The first kappa shape index (κ1) is 24.6. The quantitative estimate of drug-likeness (QED) is 0.245. The van der Waals surface area contributed by atoms with E-state index in [1.54, 1.807) is 13.0 Å². The molecule has 1 aromatic heterocycles. The van der Waals surface area contributed by atoms with Gasteiger partial charge in [-0.1, -0.05) is 11.6 Å². The third kappa shape index (κ3) is 3.94. The van der Waals surface area contributed by atoms with Crippen molar-refractivity contribution in [2.24, 2.45) is 4.99 Å². The molecular weight excluding hydrogens is 494 g/mol. The Morgan fingerprint density at radius 1 is 1.36 bits per heavy atom. The first-order valence-corrected chi connectivity index (χ1v) is 12.9. The number of nitriles is 1. The number of piperidine rings is 1. The molecule has 0 atom stereocenters. The molecule has 0 unspecified atom stereocenters. The van der Waals surface area contributed by atoms with Crippen LogP contribution in [0.15, 0.2) is 51.9 Å². The van der Waals surface area contributed by atoms with Gasteiger partial charge in [-0.2, -0.15) is 10.4 Å². The second-order valence-electron chi connectivity index (χ2n) is 9.78. The lowest BCUT2D eigenvalue weighted by Gasteiger charge is -2.43. The lowest BCUT2D eigenvalue weighted by Crippen LogP contribution is -2.55. The van der Waals surface area contributed by atoms with Gasteiger partial charge in [0.15, 0.2) is 10.8 Å². The topological polar surface area (TPSA) is 80.8 Å². The van der Waals surface area contributed by atoms with Crippen LogP contribution in [0.4, 0.5) is 5.69 Å². The Morgan fingerprint density at radius 3 is 2.69 bits per heavy atom. The van der Waals surface area contributed by atoms with Crippen molar-refractivity contribution in [1.82, 2.24) is 19.6 Å². The summed E-state index contributed by atoms with van der Waals surface area (Å²) in [5.41, 5.74) is 1.57. The van der Waals surface area contributed by atoms with Crippen LogP contribution < -0.4 is 4.90 Å². The lowest BCUT2D eigenvalue weighted by atomic mass is 9.75. The Balaban J connectivity index is 1.49. The zero-order valence-electron chi connectivity index (χ0n) is 20.4. The summed E-state index contributed by atoms with van der Waals surface area (Å²) in [6.45, 7) is 7.27. The second kappa shape index (κ2) is 9.43. The number of anilines is 1. The Morgan fingerprint density at radius 2 is 2.08 bits per heavy atom. The molecule has 2 saturated heterocycles. The van der Waals surface area contributed by atoms with Crippen LogP contribution in [0.2, 0.25) is 0 Å². The maximum absolute atomic E-state index is 13.7. The van der Waals surface area contributed by atoms with Gasteiger partial charge in [0.2, 0.25) is 0 Å². The number of carbonyl (C=O) groups excluding carboxylic acids is 1. The van der Waals surface area contributed by atoms with Crippen molar-refractivity contribution in [3.63, 3.8) is 0 Å². The van der Waals surface area contributed by atoms with Gasteiger partial charge in [0, 0.05) is 23.0 Å². The van der Waals surface area contributed by atoms with Crippen LogP contribution in [0.1, 0.15) is 45.1 Å². The molecule has 0 bridgehead atoms. The van der Waals surface area contributed by atoms with Crippen LogP contribution in [0.25, 0.3) is 10.9 Å². The highest BCUT2D eigenvalue weighted by atomic mass is 35.5. The molecule has 0 N–H and O–H groups in total. The SMILES string of the molecule is C=N/C(C#N)=C(Cl)\C=C(/C)N1C(=O)C2(CCC2)N(c2ccc3cn(C4CCN(C)CC4)nc3c2)C1=S.